The highest BCUT2D eigenvalue weighted by molar-refractivity contribution is 6.07. The minimum atomic E-state index is -0.601. The summed E-state index contributed by atoms with van der Waals surface area (Å²) in [5.74, 6) is 0.650. The van der Waals surface area contributed by atoms with Gasteiger partial charge in [-0.25, -0.2) is 4.79 Å². The number of hydrogen-bond acceptors (Lipinski definition) is 3. The van der Waals surface area contributed by atoms with Crippen LogP contribution in [0.25, 0.3) is 0 Å². The van der Waals surface area contributed by atoms with Gasteiger partial charge in [-0.2, -0.15) is 0 Å². The largest absolute Gasteiger partial charge is 0.326 e. The average molecular weight is 376 g/mol. The summed E-state index contributed by atoms with van der Waals surface area (Å²) in [5.41, 5.74) is -0.236. The molecule has 0 aromatic heterocycles. The lowest BCUT2D eigenvalue weighted by Crippen LogP contribution is -2.63. The van der Waals surface area contributed by atoms with E-state index in [2.05, 4.69) is 24.1 Å². The van der Waals surface area contributed by atoms with Crippen molar-refractivity contribution in [3.8, 4) is 0 Å². The topological polar surface area (TPSA) is 52.7 Å². The fraction of sp³-hybridized carbons (Fsp3) is 0.909. The second-order valence-electron chi connectivity index (χ2n) is 10.3. The monoisotopic (exact) mass is 375 g/mol. The highest BCUT2D eigenvalue weighted by Crippen LogP contribution is 2.51. The molecule has 0 aromatic rings. The molecular weight excluding hydrogens is 338 g/mol. The summed E-state index contributed by atoms with van der Waals surface area (Å²) in [6.07, 6.45) is 12.7. The zero-order chi connectivity index (χ0) is 19.1. The van der Waals surface area contributed by atoms with Crippen LogP contribution in [0.1, 0.15) is 84.5 Å². The van der Waals surface area contributed by atoms with Crippen LogP contribution in [-0.2, 0) is 4.79 Å². The lowest BCUT2D eigenvalue weighted by molar-refractivity contribution is -0.138. The third-order valence-electron chi connectivity index (χ3n) is 8.01. The first-order valence-electron chi connectivity index (χ1n) is 11.3. The first-order valence-corrected chi connectivity index (χ1v) is 11.3. The van der Waals surface area contributed by atoms with Crippen LogP contribution in [-0.4, -0.2) is 47.0 Å². The Labute approximate surface area is 164 Å². The van der Waals surface area contributed by atoms with Gasteiger partial charge >= 0.3 is 6.03 Å². The van der Waals surface area contributed by atoms with Crippen LogP contribution in [0.2, 0.25) is 0 Å². The lowest BCUT2D eigenvalue weighted by atomic mass is 9.60. The van der Waals surface area contributed by atoms with Crippen LogP contribution >= 0.6 is 0 Å². The van der Waals surface area contributed by atoms with Crippen LogP contribution in [0.3, 0.4) is 0 Å². The Morgan fingerprint density at radius 2 is 1.48 bits per heavy atom. The molecule has 2 aliphatic heterocycles. The summed E-state index contributed by atoms with van der Waals surface area (Å²) in [6.45, 7) is 7.43. The number of nitrogens with one attached hydrogen (secondary N) is 1. The van der Waals surface area contributed by atoms with E-state index in [1.54, 1.807) is 0 Å². The summed E-state index contributed by atoms with van der Waals surface area (Å²) in [6, 6.07) is -0.137. The van der Waals surface area contributed by atoms with E-state index in [0.717, 1.165) is 51.6 Å². The molecule has 0 spiro atoms. The maximum absolute atomic E-state index is 13.5. The third kappa shape index (κ3) is 3.41. The number of hydrogen-bond donors (Lipinski definition) is 1. The minimum absolute atomic E-state index is 0.0169. The van der Waals surface area contributed by atoms with Gasteiger partial charge < -0.3 is 0 Å². The SMILES string of the molecule is CC1(C)CCC(C2(C3CCCCC3)C(=O)NC(=O)N2CN2CCCC2)CC1. The van der Waals surface area contributed by atoms with E-state index >= 15 is 0 Å². The van der Waals surface area contributed by atoms with Crippen molar-refractivity contribution in [3.05, 3.63) is 0 Å². The predicted molar refractivity (Wildman–Crippen MR) is 106 cm³/mol. The van der Waals surface area contributed by atoms with Gasteiger partial charge in [-0.1, -0.05) is 33.1 Å². The van der Waals surface area contributed by atoms with Crippen molar-refractivity contribution in [1.82, 2.24) is 15.1 Å². The maximum atomic E-state index is 13.5. The van der Waals surface area contributed by atoms with Crippen LogP contribution in [0.4, 0.5) is 4.79 Å². The van der Waals surface area contributed by atoms with Crippen molar-refractivity contribution in [2.45, 2.75) is 90.0 Å². The smallest absolute Gasteiger partial charge is 0.296 e. The molecule has 152 valence electrons. The van der Waals surface area contributed by atoms with Gasteiger partial charge in [0.2, 0.25) is 0 Å². The summed E-state index contributed by atoms with van der Waals surface area (Å²) in [7, 11) is 0. The number of carbonyl (C=O) groups excluding carboxylic acids is 2. The second-order valence-corrected chi connectivity index (χ2v) is 10.3. The van der Waals surface area contributed by atoms with Crippen LogP contribution < -0.4 is 5.32 Å². The Bertz CT molecular complexity index is 568. The van der Waals surface area contributed by atoms with Gasteiger partial charge in [0.1, 0.15) is 5.54 Å². The Morgan fingerprint density at radius 3 is 2.11 bits per heavy atom. The molecule has 4 fully saturated rings. The number of rotatable bonds is 4. The molecule has 0 aromatic carbocycles. The van der Waals surface area contributed by atoms with E-state index in [9.17, 15) is 9.59 Å². The van der Waals surface area contributed by atoms with E-state index in [0.29, 0.717) is 23.9 Å². The molecule has 1 unspecified atom stereocenters. The summed E-state index contributed by atoms with van der Waals surface area (Å²) in [5, 5.41) is 2.77. The van der Waals surface area contributed by atoms with Gasteiger partial charge in [0.25, 0.3) is 5.91 Å². The summed E-state index contributed by atoms with van der Waals surface area (Å²) >= 11 is 0. The van der Waals surface area contributed by atoms with E-state index in [4.69, 9.17) is 0 Å². The average Bonchev–Trinajstić information content (AvgIpc) is 3.24. The first kappa shape index (κ1) is 19.2. The van der Waals surface area contributed by atoms with Crippen LogP contribution in [0.5, 0.6) is 0 Å². The Hall–Kier alpha value is -1.10. The fourth-order valence-corrected chi connectivity index (χ4v) is 6.39. The van der Waals surface area contributed by atoms with Crippen molar-refractivity contribution in [1.29, 1.82) is 0 Å². The number of urea groups is 1. The minimum Gasteiger partial charge on any atom is -0.296 e. The summed E-state index contributed by atoms with van der Waals surface area (Å²) in [4.78, 5) is 30.8. The zero-order valence-corrected chi connectivity index (χ0v) is 17.3. The standard InChI is InChI=1S/C22H37N3O2/c1-21(2)12-10-18(11-13-21)22(17-8-4-3-5-9-17)19(26)23-20(27)25(22)16-24-14-6-7-15-24/h17-18H,3-16H2,1-2H3,(H,23,26,27). The molecule has 3 amide bonds. The van der Waals surface area contributed by atoms with Crippen molar-refractivity contribution in [2.24, 2.45) is 17.3 Å². The number of likely N-dealkylation sites (tertiary alicyclic amines) is 1. The molecular formula is C22H37N3O2. The molecule has 1 atom stereocenters. The van der Waals surface area contributed by atoms with Gasteiger partial charge in [-0.3, -0.25) is 19.9 Å². The molecule has 2 saturated carbocycles. The normalized spacial score (nSPS) is 33.6. The van der Waals surface area contributed by atoms with Crippen molar-refractivity contribution >= 4 is 11.9 Å². The molecule has 2 saturated heterocycles. The maximum Gasteiger partial charge on any atom is 0.326 e. The highest BCUT2D eigenvalue weighted by Gasteiger charge is 2.61. The van der Waals surface area contributed by atoms with Gasteiger partial charge in [0.15, 0.2) is 0 Å². The second kappa shape index (κ2) is 7.38. The highest BCUT2D eigenvalue weighted by atomic mass is 16.2. The molecule has 5 heteroatoms. The van der Waals surface area contributed by atoms with E-state index in [1.165, 1.54) is 32.1 Å². The molecule has 2 aliphatic carbocycles. The lowest BCUT2D eigenvalue weighted by Gasteiger charge is -2.51. The number of amides is 3. The molecule has 2 heterocycles. The molecule has 27 heavy (non-hydrogen) atoms. The molecule has 4 aliphatic rings. The quantitative estimate of drug-likeness (QED) is 0.752. The molecule has 5 nitrogen and oxygen atoms in total. The van der Waals surface area contributed by atoms with Gasteiger partial charge in [-0.05, 0) is 81.7 Å². The Balaban J connectivity index is 1.68. The van der Waals surface area contributed by atoms with Crippen molar-refractivity contribution in [3.63, 3.8) is 0 Å². The number of carbonyl (C=O) groups is 2. The van der Waals surface area contributed by atoms with Gasteiger partial charge in [0.05, 0.1) is 6.67 Å². The summed E-state index contributed by atoms with van der Waals surface area (Å²) < 4.78 is 0. The molecule has 4 rings (SSSR count). The van der Waals surface area contributed by atoms with E-state index < -0.39 is 5.54 Å². The number of imide groups is 1. The fourth-order valence-electron chi connectivity index (χ4n) is 6.39. The van der Waals surface area contributed by atoms with Gasteiger partial charge in [0, 0.05) is 0 Å². The van der Waals surface area contributed by atoms with Crippen molar-refractivity contribution < 1.29 is 9.59 Å². The van der Waals surface area contributed by atoms with E-state index in [1.807, 2.05) is 4.90 Å². The Morgan fingerprint density at radius 1 is 0.889 bits per heavy atom. The predicted octanol–water partition coefficient (Wildman–Crippen LogP) is 4.13. The third-order valence-corrected chi connectivity index (χ3v) is 8.01. The number of nitrogens with zero attached hydrogens (tertiary/aromatic N) is 2. The van der Waals surface area contributed by atoms with Crippen LogP contribution in [0, 0.1) is 17.3 Å². The molecule has 1 N–H and O–H groups in total. The Kier molecular flexibility index (Phi) is 5.26. The molecule has 0 radical (unpaired) electrons. The molecule has 0 bridgehead atoms. The first-order chi connectivity index (χ1) is 12.9. The van der Waals surface area contributed by atoms with E-state index in [-0.39, 0.29) is 11.9 Å². The van der Waals surface area contributed by atoms with Gasteiger partial charge in [-0.15, -0.1) is 0 Å². The van der Waals surface area contributed by atoms with Crippen molar-refractivity contribution in [2.75, 3.05) is 19.8 Å². The zero-order valence-electron chi connectivity index (χ0n) is 17.3. The van der Waals surface area contributed by atoms with Crippen LogP contribution in [0.15, 0.2) is 0 Å².